The van der Waals surface area contributed by atoms with Crippen molar-refractivity contribution in [2.24, 2.45) is 4.99 Å². The molecular formula is C14H11I2N. The van der Waals surface area contributed by atoms with E-state index >= 15 is 0 Å². The highest BCUT2D eigenvalue weighted by Gasteiger charge is 2.28. The van der Waals surface area contributed by atoms with Crippen LogP contribution in [0.25, 0.3) is 10.8 Å². The molecule has 1 aliphatic rings. The van der Waals surface area contributed by atoms with E-state index in [1.165, 1.54) is 23.5 Å². The molecule has 1 nitrogen and oxygen atoms in total. The van der Waals surface area contributed by atoms with Crippen LogP contribution in [0.4, 0.5) is 5.69 Å². The molecule has 2 aromatic carbocycles. The number of hydrogen-bond donors (Lipinski definition) is 0. The van der Waals surface area contributed by atoms with Crippen molar-refractivity contribution in [1.82, 2.24) is 0 Å². The van der Waals surface area contributed by atoms with E-state index in [4.69, 9.17) is 0 Å². The highest BCUT2D eigenvalue weighted by Crippen LogP contribution is 2.42. The van der Waals surface area contributed by atoms with Crippen LogP contribution in [0.3, 0.4) is 0 Å². The van der Waals surface area contributed by atoms with Gasteiger partial charge in [0.2, 0.25) is 0 Å². The lowest BCUT2D eigenvalue weighted by molar-refractivity contribution is 0.760. The zero-order valence-corrected chi connectivity index (χ0v) is 13.9. The third kappa shape index (κ3) is 1.82. The van der Waals surface area contributed by atoms with Gasteiger partial charge in [-0.3, -0.25) is 4.99 Å². The van der Waals surface area contributed by atoms with E-state index in [9.17, 15) is 0 Å². The lowest BCUT2D eigenvalue weighted by Gasteiger charge is -2.19. The highest BCUT2D eigenvalue weighted by molar-refractivity contribution is 14.1. The molecule has 0 aromatic heterocycles. The van der Waals surface area contributed by atoms with Crippen molar-refractivity contribution in [1.29, 1.82) is 0 Å². The SMILES string of the molecule is CC1(C)C=Nc2ccc3c(I)cc(I)cc3c21. The topological polar surface area (TPSA) is 12.4 Å². The van der Waals surface area contributed by atoms with Crippen LogP contribution >= 0.6 is 45.2 Å². The van der Waals surface area contributed by atoms with Crippen LogP contribution in [0.1, 0.15) is 19.4 Å². The summed E-state index contributed by atoms with van der Waals surface area (Å²) in [6, 6.07) is 8.81. The monoisotopic (exact) mass is 447 g/mol. The molecule has 0 N–H and O–H groups in total. The Kier molecular flexibility index (Phi) is 2.74. The summed E-state index contributed by atoms with van der Waals surface area (Å²) in [5, 5.41) is 2.68. The molecule has 0 aliphatic carbocycles. The average molecular weight is 447 g/mol. The van der Waals surface area contributed by atoms with Gasteiger partial charge in [-0.05, 0) is 79.7 Å². The quantitative estimate of drug-likeness (QED) is 0.502. The van der Waals surface area contributed by atoms with Crippen LogP contribution in [0.5, 0.6) is 0 Å². The Morgan fingerprint density at radius 1 is 1.06 bits per heavy atom. The summed E-state index contributed by atoms with van der Waals surface area (Å²) in [7, 11) is 0. The van der Waals surface area contributed by atoms with Crippen LogP contribution in [0.15, 0.2) is 29.3 Å². The van der Waals surface area contributed by atoms with Gasteiger partial charge in [0.25, 0.3) is 0 Å². The van der Waals surface area contributed by atoms with E-state index in [1.54, 1.807) is 0 Å². The van der Waals surface area contributed by atoms with Gasteiger partial charge in [-0.15, -0.1) is 0 Å². The van der Waals surface area contributed by atoms with Gasteiger partial charge in [0.05, 0.1) is 5.69 Å². The van der Waals surface area contributed by atoms with Crippen LogP contribution in [0, 0.1) is 7.14 Å². The molecule has 17 heavy (non-hydrogen) atoms. The molecule has 0 spiro atoms. The Morgan fingerprint density at radius 2 is 1.82 bits per heavy atom. The zero-order chi connectivity index (χ0) is 12.2. The van der Waals surface area contributed by atoms with Gasteiger partial charge in [0.1, 0.15) is 0 Å². The number of fused-ring (bicyclic) bond motifs is 3. The fourth-order valence-electron chi connectivity index (χ4n) is 2.42. The second-order valence-electron chi connectivity index (χ2n) is 4.92. The molecule has 0 saturated carbocycles. The molecule has 0 unspecified atom stereocenters. The van der Waals surface area contributed by atoms with Crippen LogP contribution in [-0.2, 0) is 5.41 Å². The minimum Gasteiger partial charge on any atom is -0.260 e. The van der Waals surface area contributed by atoms with E-state index in [0.29, 0.717) is 0 Å². The van der Waals surface area contributed by atoms with Crippen molar-refractivity contribution in [2.45, 2.75) is 19.3 Å². The minimum atomic E-state index is 0.0440. The smallest absolute Gasteiger partial charge is 0.0673 e. The maximum atomic E-state index is 4.53. The molecular weight excluding hydrogens is 436 g/mol. The van der Waals surface area contributed by atoms with Gasteiger partial charge in [0.15, 0.2) is 0 Å². The lowest BCUT2D eigenvalue weighted by Crippen LogP contribution is -2.15. The predicted octanol–water partition coefficient (Wildman–Crippen LogP) is 5.04. The Balaban J connectivity index is 2.48. The van der Waals surface area contributed by atoms with Gasteiger partial charge in [-0.1, -0.05) is 19.9 Å². The van der Waals surface area contributed by atoms with E-state index in [2.05, 4.69) is 94.5 Å². The summed E-state index contributed by atoms with van der Waals surface area (Å²) in [5.41, 5.74) is 2.54. The highest BCUT2D eigenvalue weighted by atomic mass is 127. The maximum absolute atomic E-state index is 4.53. The van der Waals surface area contributed by atoms with Crippen LogP contribution in [0.2, 0.25) is 0 Å². The first-order valence-corrected chi connectivity index (χ1v) is 7.62. The van der Waals surface area contributed by atoms with E-state index in [0.717, 1.165) is 5.69 Å². The normalized spacial score (nSPS) is 16.5. The Labute approximate surface area is 128 Å². The van der Waals surface area contributed by atoms with Crippen molar-refractivity contribution < 1.29 is 0 Å². The van der Waals surface area contributed by atoms with Crippen LogP contribution < -0.4 is 0 Å². The molecule has 86 valence electrons. The van der Waals surface area contributed by atoms with Crippen molar-refractivity contribution in [2.75, 3.05) is 0 Å². The van der Waals surface area contributed by atoms with Gasteiger partial charge in [-0.2, -0.15) is 0 Å². The van der Waals surface area contributed by atoms with Gasteiger partial charge >= 0.3 is 0 Å². The number of hydrogen-bond acceptors (Lipinski definition) is 1. The molecule has 0 saturated heterocycles. The fraction of sp³-hybridized carbons (Fsp3) is 0.214. The first-order valence-electron chi connectivity index (χ1n) is 5.46. The van der Waals surface area contributed by atoms with Gasteiger partial charge < -0.3 is 0 Å². The number of nitrogens with zero attached hydrogens (tertiary/aromatic N) is 1. The molecule has 0 amide bonds. The maximum Gasteiger partial charge on any atom is 0.0673 e. The third-order valence-electron chi connectivity index (χ3n) is 3.20. The first kappa shape index (κ1) is 11.9. The Morgan fingerprint density at radius 3 is 2.59 bits per heavy atom. The van der Waals surface area contributed by atoms with E-state index < -0.39 is 0 Å². The number of benzene rings is 2. The summed E-state index contributed by atoms with van der Waals surface area (Å²) in [6.45, 7) is 4.46. The number of aliphatic imine (C=N–C) groups is 1. The van der Waals surface area contributed by atoms with Crippen molar-refractivity contribution in [3.8, 4) is 0 Å². The molecule has 3 heteroatoms. The second kappa shape index (κ2) is 3.91. The standard InChI is InChI=1S/C14H11I2N/c1-14(2)7-17-12-4-3-9-10(13(12)14)5-8(15)6-11(9)16/h3-7H,1-2H3. The number of rotatable bonds is 0. The molecule has 0 radical (unpaired) electrons. The summed E-state index contributed by atoms with van der Waals surface area (Å²) in [6.07, 6.45) is 2.06. The van der Waals surface area contributed by atoms with E-state index in [1.807, 2.05) is 0 Å². The summed E-state index contributed by atoms with van der Waals surface area (Å²) < 4.78 is 2.60. The Hall–Kier alpha value is -0.170. The van der Waals surface area contributed by atoms with Gasteiger partial charge in [-0.25, -0.2) is 0 Å². The van der Waals surface area contributed by atoms with E-state index in [-0.39, 0.29) is 5.41 Å². The molecule has 1 aliphatic heterocycles. The minimum absolute atomic E-state index is 0.0440. The number of halogens is 2. The first-order chi connectivity index (χ1) is 7.99. The summed E-state index contributed by atoms with van der Waals surface area (Å²) >= 11 is 4.80. The molecule has 1 heterocycles. The molecule has 3 rings (SSSR count). The lowest BCUT2D eigenvalue weighted by atomic mass is 9.84. The van der Waals surface area contributed by atoms with Crippen molar-refractivity contribution in [3.05, 3.63) is 37.0 Å². The van der Waals surface area contributed by atoms with Gasteiger partial charge in [0, 0.05) is 18.8 Å². The third-order valence-corrected chi connectivity index (χ3v) is 4.71. The summed E-state index contributed by atoms with van der Waals surface area (Å²) in [5.74, 6) is 0. The average Bonchev–Trinajstić information content (AvgIpc) is 2.54. The van der Waals surface area contributed by atoms with Crippen molar-refractivity contribution in [3.63, 3.8) is 0 Å². The van der Waals surface area contributed by atoms with Crippen LogP contribution in [-0.4, -0.2) is 6.21 Å². The molecule has 0 bridgehead atoms. The largest absolute Gasteiger partial charge is 0.260 e. The second-order valence-corrected chi connectivity index (χ2v) is 7.33. The van der Waals surface area contributed by atoms with Crippen molar-refractivity contribution >= 4 is 67.9 Å². The summed E-state index contributed by atoms with van der Waals surface area (Å²) in [4.78, 5) is 4.53. The molecule has 2 aromatic rings. The predicted molar refractivity (Wildman–Crippen MR) is 90.6 cm³/mol. The molecule has 0 atom stereocenters. The Bertz CT molecular complexity index is 657. The molecule has 0 fully saturated rings. The fourth-order valence-corrected chi connectivity index (χ4v) is 4.45. The zero-order valence-electron chi connectivity index (χ0n) is 9.59.